The summed E-state index contributed by atoms with van der Waals surface area (Å²) in [4.78, 5) is 6.11. The fourth-order valence-electron chi connectivity index (χ4n) is 2.93. The van der Waals surface area contributed by atoms with Gasteiger partial charge in [-0.15, -0.1) is 0 Å². The second-order valence-corrected chi connectivity index (χ2v) is 6.34. The Morgan fingerprint density at radius 3 is 2.48 bits per heavy atom. The quantitative estimate of drug-likeness (QED) is 0.618. The molecule has 2 rings (SSSR count). The van der Waals surface area contributed by atoms with Crippen LogP contribution in [0.25, 0.3) is 5.70 Å². The zero-order chi connectivity index (χ0) is 20.0. The van der Waals surface area contributed by atoms with Gasteiger partial charge in [0.2, 0.25) is 0 Å². The van der Waals surface area contributed by atoms with Gasteiger partial charge < -0.3 is 21.3 Å². The van der Waals surface area contributed by atoms with Crippen LogP contribution in [0.1, 0.15) is 31.7 Å². The van der Waals surface area contributed by atoms with Crippen LogP contribution in [0.4, 0.5) is 20.4 Å². The number of rotatable bonds is 7. The molecule has 1 aromatic heterocycles. The van der Waals surface area contributed by atoms with Gasteiger partial charge in [0.05, 0.1) is 11.4 Å². The van der Waals surface area contributed by atoms with Crippen molar-refractivity contribution in [2.24, 2.45) is 5.73 Å². The second-order valence-electron chi connectivity index (χ2n) is 6.34. The first kappa shape index (κ1) is 20.5. The first-order valence-electron chi connectivity index (χ1n) is 8.95. The van der Waals surface area contributed by atoms with E-state index in [2.05, 4.69) is 28.8 Å². The lowest BCUT2D eigenvalue weighted by atomic mass is 10.1. The van der Waals surface area contributed by atoms with Crippen LogP contribution in [-0.4, -0.2) is 30.0 Å². The maximum Gasteiger partial charge on any atom is 0.169 e. The van der Waals surface area contributed by atoms with E-state index >= 15 is 4.39 Å². The molecule has 1 aliphatic rings. The first-order valence-corrected chi connectivity index (χ1v) is 8.95. The van der Waals surface area contributed by atoms with E-state index in [1.165, 1.54) is 6.07 Å². The molecule has 1 saturated heterocycles. The van der Waals surface area contributed by atoms with Crippen LogP contribution in [0.5, 0.6) is 0 Å². The fraction of sp³-hybridized carbons (Fsp3) is 0.350. The van der Waals surface area contributed by atoms with Gasteiger partial charge in [0.25, 0.3) is 0 Å². The number of nitrogens with one attached hydrogen (secondary N) is 2. The number of pyridine rings is 1. The van der Waals surface area contributed by atoms with Crippen molar-refractivity contribution in [2.45, 2.75) is 26.2 Å². The Morgan fingerprint density at radius 1 is 1.26 bits per heavy atom. The maximum absolute atomic E-state index is 15.2. The minimum absolute atomic E-state index is 0.0255. The molecule has 1 aromatic rings. The molecule has 1 aliphatic heterocycles. The monoisotopic (exact) mass is 375 g/mol. The van der Waals surface area contributed by atoms with Crippen LogP contribution in [0.3, 0.4) is 0 Å². The van der Waals surface area contributed by atoms with Crippen molar-refractivity contribution in [3.63, 3.8) is 0 Å². The number of piperidine rings is 1. The van der Waals surface area contributed by atoms with E-state index in [1.54, 1.807) is 26.1 Å². The first-order chi connectivity index (χ1) is 12.9. The molecule has 0 aliphatic carbocycles. The average Bonchev–Trinajstić information content (AvgIpc) is 2.67. The molecule has 0 amide bonds. The summed E-state index contributed by atoms with van der Waals surface area (Å²) < 4.78 is 29.2. The smallest absolute Gasteiger partial charge is 0.169 e. The Bertz CT molecular complexity index is 777. The summed E-state index contributed by atoms with van der Waals surface area (Å²) in [5.74, 6) is -0.819. The minimum Gasteiger partial charge on any atom is -0.399 e. The SMILES string of the molecule is C=C(N)c1cc(F)c(NC)nc1NC(/C=C\C)=C(\F)C(=C)N1CCCCC1. The molecule has 7 heteroatoms. The van der Waals surface area contributed by atoms with Gasteiger partial charge in [0, 0.05) is 31.4 Å². The molecule has 1 fully saturated rings. The highest BCUT2D eigenvalue weighted by atomic mass is 19.1. The van der Waals surface area contributed by atoms with Crippen LogP contribution < -0.4 is 16.4 Å². The number of aromatic nitrogens is 1. The largest absolute Gasteiger partial charge is 0.399 e. The lowest BCUT2D eigenvalue weighted by Crippen LogP contribution is -2.29. The third-order valence-corrected chi connectivity index (χ3v) is 4.37. The van der Waals surface area contributed by atoms with E-state index in [0.29, 0.717) is 5.70 Å². The van der Waals surface area contributed by atoms with Gasteiger partial charge in [-0.1, -0.05) is 19.2 Å². The molecule has 27 heavy (non-hydrogen) atoms. The number of anilines is 2. The third kappa shape index (κ3) is 4.87. The van der Waals surface area contributed by atoms with E-state index in [-0.39, 0.29) is 28.6 Å². The number of hydrogen-bond donors (Lipinski definition) is 3. The third-order valence-electron chi connectivity index (χ3n) is 4.37. The fourth-order valence-corrected chi connectivity index (χ4v) is 2.93. The Balaban J connectivity index is 2.43. The highest BCUT2D eigenvalue weighted by Crippen LogP contribution is 2.28. The maximum atomic E-state index is 15.2. The second kappa shape index (κ2) is 9.21. The summed E-state index contributed by atoms with van der Waals surface area (Å²) in [7, 11) is 1.55. The normalized spacial score (nSPS) is 15.5. The molecular weight excluding hydrogens is 348 g/mol. The molecule has 0 aromatic carbocycles. The number of hydrogen-bond acceptors (Lipinski definition) is 5. The molecule has 0 spiro atoms. The molecule has 146 valence electrons. The van der Waals surface area contributed by atoms with Crippen molar-refractivity contribution in [1.29, 1.82) is 0 Å². The Morgan fingerprint density at radius 2 is 1.93 bits per heavy atom. The summed E-state index contributed by atoms with van der Waals surface area (Å²) in [6, 6.07) is 1.22. The van der Waals surface area contributed by atoms with Crippen LogP contribution >= 0.6 is 0 Å². The zero-order valence-corrected chi connectivity index (χ0v) is 15.9. The highest BCUT2D eigenvalue weighted by molar-refractivity contribution is 5.74. The Labute approximate surface area is 159 Å². The van der Waals surface area contributed by atoms with E-state index in [4.69, 9.17) is 5.73 Å². The average molecular weight is 375 g/mol. The number of nitrogens with zero attached hydrogens (tertiary/aromatic N) is 2. The van der Waals surface area contributed by atoms with Crippen LogP contribution in [0.2, 0.25) is 0 Å². The van der Waals surface area contributed by atoms with Gasteiger partial charge >= 0.3 is 0 Å². The minimum atomic E-state index is -0.570. The molecule has 0 saturated carbocycles. The molecule has 4 N–H and O–H groups in total. The van der Waals surface area contributed by atoms with Crippen LogP contribution in [0.15, 0.2) is 48.6 Å². The van der Waals surface area contributed by atoms with E-state index < -0.39 is 11.6 Å². The Kier molecular flexibility index (Phi) is 6.98. The van der Waals surface area contributed by atoms with E-state index in [1.807, 2.05) is 4.90 Å². The molecular formula is C20H27F2N5. The van der Waals surface area contributed by atoms with Gasteiger partial charge in [-0.25, -0.2) is 13.8 Å². The Hall–Kier alpha value is -2.83. The number of likely N-dealkylation sites (tertiary alicyclic amines) is 1. The molecule has 0 bridgehead atoms. The van der Waals surface area contributed by atoms with Crippen molar-refractivity contribution in [3.8, 4) is 0 Å². The van der Waals surface area contributed by atoms with Crippen molar-refractivity contribution < 1.29 is 8.78 Å². The summed E-state index contributed by atoms with van der Waals surface area (Å²) in [6.07, 6.45) is 6.45. The van der Waals surface area contributed by atoms with Crippen LogP contribution in [-0.2, 0) is 0 Å². The van der Waals surface area contributed by atoms with Gasteiger partial charge in [0.15, 0.2) is 17.5 Å². The summed E-state index contributed by atoms with van der Waals surface area (Å²) in [6.45, 7) is 10.9. The van der Waals surface area contributed by atoms with E-state index in [0.717, 1.165) is 32.4 Å². The zero-order valence-electron chi connectivity index (χ0n) is 15.9. The molecule has 0 atom stereocenters. The summed E-state index contributed by atoms with van der Waals surface area (Å²) in [5.41, 5.74) is 6.65. The van der Waals surface area contributed by atoms with Crippen molar-refractivity contribution >= 4 is 17.3 Å². The topological polar surface area (TPSA) is 66.2 Å². The highest BCUT2D eigenvalue weighted by Gasteiger charge is 2.19. The van der Waals surface area contributed by atoms with Gasteiger partial charge in [-0.2, -0.15) is 0 Å². The molecule has 0 radical (unpaired) electrons. The van der Waals surface area contributed by atoms with E-state index in [9.17, 15) is 4.39 Å². The van der Waals surface area contributed by atoms with Crippen molar-refractivity contribution in [2.75, 3.05) is 30.8 Å². The standard InChI is InChI=1S/C20H27F2N5/c1-5-9-17(18(22)14(3)27-10-7-6-8-11-27)25-19-15(13(2)23)12-16(21)20(24-4)26-19/h5,9,12H,2-3,6-8,10-11,23H2,1,4H3,(H2,24,25,26)/b9-5-,18-17-. The lowest BCUT2D eigenvalue weighted by Gasteiger charge is -2.30. The predicted molar refractivity (Wildman–Crippen MR) is 108 cm³/mol. The van der Waals surface area contributed by atoms with Gasteiger partial charge in [-0.3, -0.25) is 0 Å². The molecule has 0 unspecified atom stereocenters. The molecule has 5 nitrogen and oxygen atoms in total. The summed E-state index contributed by atoms with van der Waals surface area (Å²) >= 11 is 0. The number of halogens is 2. The van der Waals surface area contributed by atoms with Gasteiger partial charge in [-0.05, 0) is 38.3 Å². The van der Waals surface area contributed by atoms with Gasteiger partial charge in [0.1, 0.15) is 5.82 Å². The molecule has 2 heterocycles. The van der Waals surface area contributed by atoms with Crippen molar-refractivity contribution in [3.05, 3.63) is 60.0 Å². The van der Waals surface area contributed by atoms with Crippen molar-refractivity contribution in [1.82, 2.24) is 9.88 Å². The summed E-state index contributed by atoms with van der Waals surface area (Å²) in [5, 5.41) is 5.58. The van der Waals surface area contributed by atoms with Crippen LogP contribution in [0, 0.1) is 5.82 Å². The number of nitrogens with two attached hydrogens (primary N) is 1. The predicted octanol–water partition coefficient (Wildman–Crippen LogP) is 4.36. The number of allylic oxidation sites excluding steroid dienone is 3. The lowest BCUT2D eigenvalue weighted by molar-refractivity contribution is 0.281.